The summed E-state index contributed by atoms with van der Waals surface area (Å²) in [7, 11) is 0. The van der Waals surface area contributed by atoms with Crippen molar-refractivity contribution in [2.45, 2.75) is 5.41 Å². The fourth-order valence-corrected chi connectivity index (χ4v) is 10.5. The van der Waals surface area contributed by atoms with Gasteiger partial charge in [0.05, 0.1) is 22.0 Å². The van der Waals surface area contributed by atoms with Gasteiger partial charge in [0.2, 0.25) is 0 Å². The van der Waals surface area contributed by atoms with Crippen molar-refractivity contribution in [3.05, 3.63) is 222 Å². The Balaban J connectivity index is 1.12. The summed E-state index contributed by atoms with van der Waals surface area (Å²) in [6, 6.07) is 65.1. The number of pyridine rings is 2. The first-order valence-electron chi connectivity index (χ1n) is 20.0. The predicted molar refractivity (Wildman–Crippen MR) is 241 cm³/mol. The van der Waals surface area contributed by atoms with Gasteiger partial charge in [0.25, 0.3) is 0 Å². The van der Waals surface area contributed by atoms with Gasteiger partial charge in [-0.2, -0.15) is 0 Å². The number of nitrogens with zero attached hydrogens (tertiary/aromatic N) is 3. The van der Waals surface area contributed by atoms with E-state index in [0.717, 1.165) is 33.3 Å². The standard InChI is InChI=1S/C55H33N3/c1-7-18-47-34(12-1)22-23-35-24-25-37(36-26-27-51-46(30-36)54-52(20-11-29-57-54)58(51)53-21-9-10-28-56-53)31-49(35)55(47)48-19-8-6-17-42(48)45-32-43-40-15-4-2-13-38(40)39-14-3-5-16-41(39)44(43)33-50(45)55/h1-33H. The minimum absolute atomic E-state index is 0.570. The highest BCUT2D eigenvalue weighted by molar-refractivity contribution is 6.26. The number of rotatable bonds is 2. The van der Waals surface area contributed by atoms with Crippen LogP contribution in [0.15, 0.2) is 188 Å². The van der Waals surface area contributed by atoms with E-state index in [2.05, 4.69) is 174 Å². The third-order valence-corrected chi connectivity index (χ3v) is 12.9. The molecule has 0 fully saturated rings. The van der Waals surface area contributed by atoms with Crippen molar-refractivity contribution in [2.75, 3.05) is 0 Å². The van der Waals surface area contributed by atoms with Crippen molar-refractivity contribution in [3.63, 3.8) is 0 Å². The smallest absolute Gasteiger partial charge is 0.137 e. The van der Waals surface area contributed by atoms with Crippen molar-refractivity contribution in [2.24, 2.45) is 0 Å². The quantitative estimate of drug-likeness (QED) is 0.166. The molecule has 268 valence electrons. The summed E-state index contributed by atoms with van der Waals surface area (Å²) in [5.41, 5.74) is 15.1. The Labute approximate surface area is 334 Å². The lowest BCUT2D eigenvalue weighted by molar-refractivity contribution is 0.768. The molecule has 3 heteroatoms. The molecule has 0 radical (unpaired) electrons. The average Bonchev–Trinajstić information content (AvgIpc) is 3.72. The van der Waals surface area contributed by atoms with E-state index in [1.54, 1.807) is 0 Å². The van der Waals surface area contributed by atoms with E-state index in [-0.39, 0.29) is 0 Å². The van der Waals surface area contributed by atoms with E-state index in [9.17, 15) is 0 Å². The summed E-state index contributed by atoms with van der Waals surface area (Å²) in [6.07, 6.45) is 8.38. The Hall–Kier alpha value is -7.62. The number of fused-ring (bicyclic) bond motifs is 18. The van der Waals surface area contributed by atoms with Gasteiger partial charge in [-0.15, -0.1) is 0 Å². The highest BCUT2D eigenvalue weighted by Crippen LogP contribution is 2.60. The first-order valence-corrected chi connectivity index (χ1v) is 20.0. The van der Waals surface area contributed by atoms with Crippen LogP contribution in [0.1, 0.15) is 33.4 Å². The Morgan fingerprint density at radius 1 is 0.362 bits per heavy atom. The normalized spacial score (nSPS) is 15.2. The molecule has 1 spiro atoms. The molecule has 3 nitrogen and oxygen atoms in total. The van der Waals surface area contributed by atoms with Gasteiger partial charge < -0.3 is 0 Å². The van der Waals surface area contributed by atoms with Crippen LogP contribution in [0.3, 0.4) is 0 Å². The number of benzene rings is 8. The van der Waals surface area contributed by atoms with Gasteiger partial charge in [0.15, 0.2) is 0 Å². The first-order chi connectivity index (χ1) is 28.8. The van der Waals surface area contributed by atoms with Crippen LogP contribution in [0.5, 0.6) is 0 Å². The Bertz CT molecular complexity index is 3570. The zero-order valence-electron chi connectivity index (χ0n) is 31.4. The number of hydrogen-bond donors (Lipinski definition) is 0. The molecule has 3 heterocycles. The fourth-order valence-electron chi connectivity index (χ4n) is 10.5. The lowest BCUT2D eigenvalue weighted by Crippen LogP contribution is -2.30. The van der Waals surface area contributed by atoms with Crippen LogP contribution in [0.4, 0.5) is 0 Å². The van der Waals surface area contributed by atoms with Crippen LogP contribution in [0, 0.1) is 0 Å². The second kappa shape index (κ2) is 11.7. The summed E-state index contributed by atoms with van der Waals surface area (Å²) in [5.74, 6) is 0.882. The Morgan fingerprint density at radius 2 is 1.00 bits per heavy atom. The summed E-state index contributed by atoms with van der Waals surface area (Å²) in [4.78, 5) is 9.65. The third kappa shape index (κ3) is 4.12. The van der Waals surface area contributed by atoms with Crippen molar-refractivity contribution in [1.82, 2.24) is 14.5 Å². The van der Waals surface area contributed by atoms with Gasteiger partial charge in [-0.25, -0.2) is 4.98 Å². The zero-order chi connectivity index (χ0) is 38.0. The second-order valence-electron chi connectivity index (χ2n) is 15.7. The van der Waals surface area contributed by atoms with Gasteiger partial charge in [-0.3, -0.25) is 9.55 Å². The Morgan fingerprint density at radius 3 is 1.79 bits per heavy atom. The molecule has 0 N–H and O–H groups in total. The van der Waals surface area contributed by atoms with Crippen molar-refractivity contribution >= 4 is 66.4 Å². The van der Waals surface area contributed by atoms with Crippen molar-refractivity contribution in [1.29, 1.82) is 0 Å². The van der Waals surface area contributed by atoms with Gasteiger partial charge >= 0.3 is 0 Å². The van der Waals surface area contributed by atoms with E-state index < -0.39 is 5.41 Å². The molecular formula is C55H33N3. The Kier molecular flexibility index (Phi) is 6.37. The number of hydrogen-bond acceptors (Lipinski definition) is 2. The van der Waals surface area contributed by atoms with Crippen molar-refractivity contribution < 1.29 is 0 Å². The average molecular weight is 736 g/mol. The largest absolute Gasteiger partial charge is 0.292 e. The SMILES string of the molecule is C1=Cc2ccc(-c3ccc4c(c3)c3ncccc3n4-c3ccccn3)cc2C2(c3ccccc31)c1ccccc1-c1cc3c4ccccc4c4ccccc4c3cc12. The fraction of sp³-hybridized carbons (Fsp3) is 0.0182. The van der Waals surface area contributed by atoms with Crippen LogP contribution in [-0.2, 0) is 5.41 Å². The van der Waals surface area contributed by atoms with E-state index in [0.29, 0.717) is 0 Å². The van der Waals surface area contributed by atoms with Crippen molar-refractivity contribution in [3.8, 4) is 28.1 Å². The molecule has 3 aromatic heterocycles. The van der Waals surface area contributed by atoms with E-state index in [1.165, 1.54) is 82.4 Å². The minimum atomic E-state index is -0.570. The molecule has 2 aliphatic carbocycles. The second-order valence-corrected chi connectivity index (χ2v) is 15.7. The third-order valence-electron chi connectivity index (χ3n) is 12.9. The van der Waals surface area contributed by atoms with Gasteiger partial charge in [0.1, 0.15) is 5.82 Å². The van der Waals surface area contributed by atoms with Gasteiger partial charge in [0, 0.05) is 17.8 Å². The lowest BCUT2D eigenvalue weighted by Gasteiger charge is -2.36. The lowest BCUT2D eigenvalue weighted by atomic mass is 9.65. The molecule has 1 atom stereocenters. The van der Waals surface area contributed by atoms with Crippen LogP contribution < -0.4 is 0 Å². The topological polar surface area (TPSA) is 30.7 Å². The maximum absolute atomic E-state index is 4.91. The van der Waals surface area contributed by atoms with Crippen LogP contribution >= 0.6 is 0 Å². The maximum atomic E-state index is 4.91. The van der Waals surface area contributed by atoms with E-state index in [4.69, 9.17) is 9.97 Å². The molecule has 11 aromatic rings. The molecule has 0 saturated heterocycles. The van der Waals surface area contributed by atoms with E-state index >= 15 is 0 Å². The highest BCUT2D eigenvalue weighted by Gasteiger charge is 2.48. The predicted octanol–water partition coefficient (Wildman–Crippen LogP) is 13.5. The van der Waals surface area contributed by atoms with Crippen LogP contribution in [-0.4, -0.2) is 14.5 Å². The summed E-state index contributed by atoms with van der Waals surface area (Å²) in [5, 5.41) is 8.84. The summed E-state index contributed by atoms with van der Waals surface area (Å²) in [6.45, 7) is 0. The van der Waals surface area contributed by atoms with Gasteiger partial charge in [-0.1, -0.05) is 133 Å². The van der Waals surface area contributed by atoms with Crippen LogP contribution in [0.25, 0.3) is 94.5 Å². The minimum Gasteiger partial charge on any atom is -0.292 e. The summed E-state index contributed by atoms with van der Waals surface area (Å²) < 4.78 is 2.22. The molecular weight excluding hydrogens is 703 g/mol. The molecule has 0 saturated carbocycles. The maximum Gasteiger partial charge on any atom is 0.137 e. The molecule has 2 aliphatic rings. The first kappa shape index (κ1) is 31.6. The van der Waals surface area contributed by atoms with Gasteiger partial charge in [-0.05, 0) is 143 Å². The highest BCUT2D eigenvalue weighted by atomic mass is 15.1. The summed E-state index contributed by atoms with van der Waals surface area (Å²) >= 11 is 0. The molecule has 8 aromatic carbocycles. The molecule has 0 aliphatic heterocycles. The molecule has 1 unspecified atom stereocenters. The monoisotopic (exact) mass is 735 g/mol. The number of aromatic nitrogens is 3. The van der Waals surface area contributed by atoms with E-state index in [1.807, 2.05) is 30.6 Å². The molecule has 0 bridgehead atoms. The molecule has 58 heavy (non-hydrogen) atoms. The van der Waals surface area contributed by atoms with Crippen LogP contribution in [0.2, 0.25) is 0 Å². The molecule has 0 amide bonds. The zero-order valence-corrected chi connectivity index (χ0v) is 31.4. The molecule has 13 rings (SSSR count).